The summed E-state index contributed by atoms with van der Waals surface area (Å²) in [5.74, 6) is -1.43. The highest BCUT2D eigenvalue weighted by atomic mass is 35.5. The van der Waals surface area contributed by atoms with E-state index in [-0.39, 0.29) is 24.9 Å². The maximum absolute atomic E-state index is 13.6. The molecule has 36 heavy (non-hydrogen) atoms. The monoisotopic (exact) mass is 528 g/mol. The molecule has 5 rings (SSSR count). The first kappa shape index (κ1) is 24.3. The summed E-state index contributed by atoms with van der Waals surface area (Å²) >= 11 is 8.05. The number of benzene rings is 2. The highest BCUT2D eigenvalue weighted by molar-refractivity contribution is 7.99. The van der Waals surface area contributed by atoms with E-state index in [9.17, 15) is 13.6 Å². The third-order valence-corrected chi connectivity index (χ3v) is 7.23. The second-order valence-electron chi connectivity index (χ2n) is 8.10. The minimum absolute atomic E-state index is 0.00893. The van der Waals surface area contributed by atoms with Gasteiger partial charge in [-0.1, -0.05) is 23.7 Å². The number of aromatic nitrogens is 2. The Bertz CT molecular complexity index is 1470. The Morgan fingerprint density at radius 2 is 2.00 bits per heavy atom. The Labute approximate surface area is 214 Å². The van der Waals surface area contributed by atoms with Crippen molar-refractivity contribution >= 4 is 40.2 Å². The van der Waals surface area contributed by atoms with Gasteiger partial charge in [-0.25, -0.2) is 13.8 Å². The van der Waals surface area contributed by atoms with Crippen molar-refractivity contribution in [1.29, 1.82) is 0 Å². The Kier molecular flexibility index (Phi) is 6.93. The van der Waals surface area contributed by atoms with Crippen LogP contribution >= 0.6 is 23.4 Å². The van der Waals surface area contributed by atoms with Crippen LogP contribution in [0, 0.1) is 11.6 Å². The lowest BCUT2D eigenvalue weighted by Gasteiger charge is -2.20. The van der Waals surface area contributed by atoms with E-state index in [1.54, 1.807) is 24.4 Å². The summed E-state index contributed by atoms with van der Waals surface area (Å²) in [5.41, 5.74) is 3.28. The molecule has 0 amide bonds. The first-order valence-corrected chi connectivity index (χ1v) is 12.4. The second kappa shape index (κ2) is 10.3. The van der Waals surface area contributed by atoms with E-state index in [2.05, 4.69) is 9.97 Å². The van der Waals surface area contributed by atoms with Gasteiger partial charge in [0.1, 0.15) is 24.7 Å². The number of carboxylic acid groups (broad SMARTS) is 1. The fraction of sp³-hybridized carbons (Fsp3) is 0.192. The number of carboxylic acids is 1. The maximum Gasteiger partial charge on any atom is 0.304 e. The van der Waals surface area contributed by atoms with E-state index >= 15 is 0 Å². The number of pyridine rings is 2. The number of nitrogens with zero attached hydrogens (tertiary/aromatic N) is 2. The van der Waals surface area contributed by atoms with Crippen molar-refractivity contribution in [3.63, 3.8) is 0 Å². The molecule has 1 unspecified atom stereocenters. The molecule has 10 heteroatoms. The predicted octanol–water partition coefficient (Wildman–Crippen LogP) is 6.33. The molecule has 3 heterocycles. The molecule has 1 aliphatic heterocycles. The highest BCUT2D eigenvalue weighted by Gasteiger charge is 2.28. The lowest BCUT2D eigenvalue weighted by molar-refractivity contribution is -0.136. The molecule has 4 aromatic rings. The summed E-state index contributed by atoms with van der Waals surface area (Å²) in [6, 6.07) is 12.7. The van der Waals surface area contributed by atoms with E-state index in [4.69, 9.17) is 26.2 Å². The molecule has 1 aliphatic rings. The minimum Gasteiger partial charge on any atom is -0.487 e. The lowest BCUT2D eigenvalue weighted by Crippen LogP contribution is -2.04. The second-order valence-corrected chi connectivity index (χ2v) is 9.72. The summed E-state index contributed by atoms with van der Waals surface area (Å²) in [6.45, 7) is 0.303. The van der Waals surface area contributed by atoms with Gasteiger partial charge >= 0.3 is 5.97 Å². The van der Waals surface area contributed by atoms with Crippen LogP contribution in [0.5, 0.6) is 11.5 Å². The molecule has 1 atom stereocenters. The van der Waals surface area contributed by atoms with E-state index in [0.29, 0.717) is 38.9 Å². The number of hydrogen-bond acceptors (Lipinski definition) is 6. The van der Waals surface area contributed by atoms with E-state index in [0.717, 1.165) is 29.0 Å². The Morgan fingerprint density at radius 3 is 2.83 bits per heavy atom. The molecule has 0 aliphatic carbocycles. The molecular weight excluding hydrogens is 510 g/mol. The normalized spacial score (nSPS) is 14.5. The van der Waals surface area contributed by atoms with Gasteiger partial charge in [-0.05, 0) is 29.8 Å². The largest absolute Gasteiger partial charge is 0.487 e. The van der Waals surface area contributed by atoms with Gasteiger partial charge in [-0.2, -0.15) is 0 Å². The van der Waals surface area contributed by atoms with E-state index in [1.807, 2.05) is 18.2 Å². The Hall–Kier alpha value is -3.43. The number of ether oxygens (including phenoxy) is 2. The topological polar surface area (TPSA) is 81.5 Å². The molecule has 1 N–H and O–H groups in total. The van der Waals surface area contributed by atoms with Gasteiger partial charge in [0, 0.05) is 35.0 Å². The summed E-state index contributed by atoms with van der Waals surface area (Å²) in [4.78, 5) is 19.9. The number of rotatable bonds is 7. The van der Waals surface area contributed by atoms with Crippen LogP contribution in [-0.4, -0.2) is 26.8 Å². The first-order chi connectivity index (χ1) is 17.4. The number of hydrogen-bond donors (Lipinski definition) is 1. The average Bonchev–Trinajstić information content (AvgIpc) is 3.01. The van der Waals surface area contributed by atoms with Crippen LogP contribution < -0.4 is 9.47 Å². The molecule has 0 radical (unpaired) electrons. The van der Waals surface area contributed by atoms with Crippen LogP contribution in [0.25, 0.3) is 10.9 Å². The fourth-order valence-electron chi connectivity index (χ4n) is 3.98. The Morgan fingerprint density at radius 1 is 1.17 bits per heavy atom. The number of carbonyl (C=O) groups is 1. The van der Waals surface area contributed by atoms with Crippen molar-refractivity contribution < 1.29 is 28.2 Å². The van der Waals surface area contributed by atoms with Crippen molar-refractivity contribution in [3.05, 3.63) is 93.9 Å². The van der Waals surface area contributed by atoms with Crippen LogP contribution in [0.4, 0.5) is 8.78 Å². The SMILES string of the molecule is O=C(O)CCSC1c2cccnc2COc2c(Cl)cc(OCc3ccc4cc(F)c(F)cc4n3)cc21. The molecular formula is C26H19ClF2N2O4S. The fourth-order valence-corrected chi connectivity index (χ4v) is 5.53. The molecule has 0 saturated carbocycles. The van der Waals surface area contributed by atoms with Crippen LogP contribution in [0.3, 0.4) is 0 Å². The van der Waals surface area contributed by atoms with Crippen molar-refractivity contribution in [2.45, 2.75) is 24.9 Å². The predicted molar refractivity (Wildman–Crippen MR) is 133 cm³/mol. The molecule has 2 aromatic carbocycles. The quantitative estimate of drug-likeness (QED) is 0.300. The Balaban J connectivity index is 1.44. The third-order valence-electron chi connectivity index (χ3n) is 5.67. The van der Waals surface area contributed by atoms with Gasteiger partial charge in [0.15, 0.2) is 11.6 Å². The van der Waals surface area contributed by atoms with Gasteiger partial charge in [0.2, 0.25) is 0 Å². The zero-order valence-corrected chi connectivity index (χ0v) is 20.3. The van der Waals surface area contributed by atoms with Crippen LogP contribution in [0.1, 0.15) is 34.2 Å². The van der Waals surface area contributed by atoms with Gasteiger partial charge in [-0.3, -0.25) is 9.78 Å². The summed E-state index contributed by atoms with van der Waals surface area (Å²) in [5, 5.41) is 9.69. The summed E-state index contributed by atoms with van der Waals surface area (Å²) in [7, 11) is 0. The van der Waals surface area contributed by atoms with Crippen molar-refractivity contribution in [2.24, 2.45) is 0 Å². The molecule has 6 nitrogen and oxygen atoms in total. The van der Waals surface area contributed by atoms with Gasteiger partial charge in [-0.15, -0.1) is 11.8 Å². The van der Waals surface area contributed by atoms with Crippen LogP contribution in [-0.2, 0) is 18.0 Å². The van der Waals surface area contributed by atoms with Gasteiger partial charge in [0.25, 0.3) is 0 Å². The molecule has 0 spiro atoms. The third kappa shape index (κ3) is 5.08. The lowest BCUT2D eigenvalue weighted by atomic mass is 10.0. The minimum atomic E-state index is -0.966. The van der Waals surface area contributed by atoms with Crippen LogP contribution in [0.15, 0.2) is 54.7 Å². The number of fused-ring (bicyclic) bond motifs is 3. The van der Waals surface area contributed by atoms with Crippen molar-refractivity contribution in [1.82, 2.24) is 9.97 Å². The zero-order chi connectivity index (χ0) is 25.2. The standard InChI is InChI=1S/C26H19ClF2N2O4S/c27-19-10-16(34-12-15-4-3-14-8-20(28)21(29)11-22(14)31-15)9-18-25(19)35-13-23-17(2-1-6-30-23)26(18)36-7-5-24(32)33/h1-4,6,8-11,26H,5,7,12-13H2,(H,32,33). The summed E-state index contributed by atoms with van der Waals surface area (Å²) in [6.07, 6.45) is 1.69. The van der Waals surface area contributed by atoms with E-state index in [1.165, 1.54) is 11.8 Å². The first-order valence-electron chi connectivity index (χ1n) is 11.0. The summed E-state index contributed by atoms with van der Waals surface area (Å²) < 4.78 is 39.1. The van der Waals surface area contributed by atoms with Gasteiger partial charge < -0.3 is 14.6 Å². The molecule has 2 aromatic heterocycles. The molecule has 184 valence electrons. The van der Waals surface area contributed by atoms with Crippen molar-refractivity contribution in [2.75, 3.05) is 5.75 Å². The smallest absolute Gasteiger partial charge is 0.304 e. The maximum atomic E-state index is 13.6. The van der Waals surface area contributed by atoms with Crippen molar-refractivity contribution in [3.8, 4) is 11.5 Å². The van der Waals surface area contributed by atoms with E-state index < -0.39 is 17.6 Å². The highest BCUT2D eigenvalue weighted by Crippen LogP contribution is 2.48. The number of halogens is 3. The van der Waals surface area contributed by atoms with Gasteiger partial charge in [0.05, 0.1) is 33.6 Å². The molecule has 0 bridgehead atoms. The number of thioether (sulfide) groups is 1. The zero-order valence-electron chi connectivity index (χ0n) is 18.7. The number of aliphatic carboxylic acids is 1. The van der Waals surface area contributed by atoms with Crippen LogP contribution in [0.2, 0.25) is 5.02 Å². The molecule has 0 fully saturated rings. The average molecular weight is 529 g/mol. The molecule has 0 saturated heterocycles.